The summed E-state index contributed by atoms with van der Waals surface area (Å²) in [6.07, 6.45) is 3.71. The summed E-state index contributed by atoms with van der Waals surface area (Å²) < 4.78 is 0. The van der Waals surface area contributed by atoms with Gasteiger partial charge in [-0.1, -0.05) is 12.8 Å². The van der Waals surface area contributed by atoms with Crippen molar-refractivity contribution in [1.29, 1.82) is 0 Å². The van der Waals surface area contributed by atoms with Crippen LogP contribution >= 0.6 is 0 Å². The number of hydrogen-bond donors (Lipinski definition) is 1. The van der Waals surface area contributed by atoms with Crippen LogP contribution in [0.1, 0.15) is 46.5 Å². The van der Waals surface area contributed by atoms with Crippen molar-refractivity contribution >= 4 is 11.8 Å². The molecule has 2 aliphatic rings. The van der Waals surface area contributed by atoms with Gasteiger partial charge in [0.1, 0.15) is 11.1 Å². The van der Waals surface area contributed by atoms with Gasteiger partial charge in [0.05, 0.1) is 0 Å². The maximum Gasteiger partial charge on any atom is 0.248 e. The fraction of sp³-hybridized carbons (Fsp3) is 0.833. The summed E-state index contributed by atoms with van der Waals surface area (Å²) in [5, 5.41) is 2.87. The monoisotopic (exact) mass is 224 g/mol. The van der Waals surface area contributed by atoms with E-state index >= 15 is 0 Å². The van der Waals surface area contributed by atoms with Crippen LogP contribution in [0.25, 0.3) is 0 Å². The first-order valence-electron chi connectivity index (χ1n) is 6.09. The van der Waals surface area contributed by atoms with Crippen molar-refractivity contribution in [2.24, 2.45) is 0 Å². The highest BCUT2D eigenvalue weighted by Crippen LogP contribution is 2.39. The molecule has 16 heavy (non-hydrogen) atoms. The van der Waals surface area contributed by atoms with E-state index in [0.717, 1.165) is 25.7 Å². The van der Waals surface area contributed by atoms with E-state index in [9.17, 15) is 9.59 Å². The molecule has 1 aliphatic carbocycles. The van der Waals surface area contributed by atoms with E-state index in [1.165, 1.54) is 0 Å². The fourth-order valence-corrected chi connectivity index (χ4v) is 3.01. The lowest BCUT2D eigenvalue weighted by Gasteiger charge is -2.49. The zero-order valence-corrected chi connectivity index (χ0v) is 10.3. The highest BCUT2D eigenvalue weighted by molar-refractivity contribution is 6.02. The standard InChI is InChI=1S/C12H20N2O2/c1-4-14-10(16)11(2,3)13-9(15)12(14)7-5-6-8-12/h4-8H2,1-3H3,(H,13,15). The molecule has 2 fully saturated rings. The first kappa shape index (κ1) is 11.4. The largest absolute Gasteiger partial charge is 0.340 e. The average Bonchev–Trinajstić information content (AvgIpc) is 2.66. The third kappa shape index (κ3) is 1.35. The molecule has 1 saturated heterocycles. The van der Waals surface area contributed by atoms with Gasteiger partial charge >= 0.3 is 0 Å². The molecule has 0 bridgehead atoms. The first-order valence-corrected chi connectivity index (χ1v) is 6.09. The number of piperazine rings is 1. The molecular weight excluding hydrogens is 204 g/mol. The number of nitrogens with one attached hydrogen (secondary N) is 1. The Bertz CT molecular complexity index is 330. The lowest BCUT2D eigenvalue weighted by atomic mass is 9.85. The summed E-state index contributed by atoms with van der Waals surface area (Å²) in [4.78, 5) is 26.3. The van der Waals surface area contributed by atoms with Gasteiger partial charge in [-0.25, -0.2) is 0 Å². The second-order valence-corrected chi connectivity index (χ2v) is 5.37. The van der Waals surface area contributed by atoms with E-state index in [0.29, 0.717) is 6.54 Å². The molecule has 0 unspecified atom stereocenters. The van der Waals surface area contributed by atoms with Gasteiger partial charge in [0, 0.05) is 6.54 Å². The molecule has 4 nitrogen and oxygen atoms in total. The summed E-state index contributed by atoms with van der Waals surface area (Å²) in [5.74, 6) is 0.0907. The molecule has 0 radical (unpaired) electrons. The predicted molar refractivity (Wildman–Crippen MR) is 60.8 cm³/mol. The molecule has 90 valence electrons. The van der Waals surface area contributed by atoms with Crippen molar-refractivity contribution in [3.63, 3.8) is 0 Å². The van der Waals surface area contributed by atoms with Crippen molar-refractivity contribution in [3.8, 4) is 0 Å². The van der Waals surface area contributed by atoms with E-state index in [1.54, 1.807) is 18.7 Å². The molecule has 1 spiro atoms. The summed E-state index contributed by atoms with van der Waals surface area (Å²) in [5.41, 5.74) is -1.29. The Morgan fingerprint density at radius 1 is 1.25 bits per heavy atom. The van der Waals surface area contributed by atoms with E-state index < -0.39 is 11.1 Å². The smallest absolute Gasteiger partial charge is 0.248 e. The van der Waals surface area contributed by atoms with Crippen LogP contribution in [0, 0.1) is 0 Å². The maximum absolute atomic E-state index is 12.3. The second kappa shape index (κ2) is 3.47. The SMILES string of the molecule is CCN1C(=O)C(C)(C)NC(=O)C12CCCC2. The van der Waals surface area contributed by atoms with E-state index in [-0.39, 0.29) is 11.8 Å². The van der Waals surface area contributed by atoms with Gasteiger partial charge in [0.25, 0.3) is 0 Å². The van der Waals surface area contributed by atoms with Gasteiger partial charge in [0.15, 0.2) is 0 Å². The zero-order chi connectivity index (χ0) is 12.0. The molecule has 0 aromatic heterocycles. The Morgan fingerprint density at radius 2 is 1.81 bits per heavy atom. The maximum atomic E-state index is 12.3. The number of carbonyl (C=O) groups excluding carboxylic acids is 2. The zero-order valence-electron chi connectivity index (χ0n) is 10.3. The molecule has 1 heterocycles. The molecule has 1 aliphatic heterocycles. The quantitative estimate of drug-likeness (QED) is 0.724. The molecule has 0 atom stereocenters. The van der Waals surface area contributed by atoms with Crippen LogP contribution < -0.4 is 5.32 Å². The second-order valence-electron chi connectivity index (χ2n) is 5.37. The van der Waals surface area contributed by atoms with Gasteiger partial charge < -0.3 is 10.2 Å². The minimum Gasteiger partial charge on any atom is -0.340 e. The Hall–Kier alpha value is -1.06. The number of likely N-dealkylation sites (N-methyl/N-ethyl adjacent to an activating group) is 1. The molecule has 1 N–H and O–H groups in total. The third-order valence-corrected chi connectivity index (χ3v) is 3.89. The van der Waals surface area contributed by atoms with Crippen molar-refractivity contribution < 1.29 is 9.59 Å². The third-order valence-electron chi connectivity index (χ3n) is 3.89. The average molecular weight is 224 g/mol. The van der Waals surface area contributed by atoms with E-state index in [1.807, 2.05) is 6.92 Å². The highest BCUT2D eigenvalue weighted by Gasteiger charge is 2.55. The van der Waals surface area contributed by atoms with Crippen LogP contribution in [-0.4, -0.2) is 34.3 Å². The van der Waals surface area contributed by atoms with Gasteiger partial charge in [-0.05, 0) is 33.6 Å². The van der Waals surface area contributed by atoms with Gasteiger partial charge in [-0.15, -0.1) is 0 Å². The molecular formula is C12H20N2O2. The number of nitrogens with zero attached hydrogens (tertiary/aromatic N) is 1. The van der Waals surface area contributed by atoms with Gasteiger partial charge in [-0.3, -0.25) is 9.59 Å². The fourth-order valence-electron chi connectivity index (χ4n) is 3.01. The number of hydrogen-bond acceptors (Lipinski definition) is 2. The van der Waals surface area contributed by atoms with Crippen LogP contribution in [0.2, 0.25) is 0 Å². The lowest BCUT2D eigenvalue weighted by Crippen LogP contribution is -2.73. The summed E-state index contributed by atoms with van der Waals surface area (Å²) >= 11 is 0. The summed E-state index contributed by atoms with van der Waals surface area (Å²) in [7, 11) is 0. The van der Waals surface area contributed by atoms with Crippen molar-refractivity contribution in [3.05, 3.63) is 0 Å². The molecule has 0 aromatic rings. The van der Waals surface area contributed by atoms with Crippen LogP contribution in [0.3, 0.4) is 0 Å². The normalized spacial score (nSPS) is 27.3. The molecule has 1 saturated carbocycles. The van der Waals surface area contributed by atoms with E-state index in [2.05, 4.69) is 5.32 Å². The molecule has 2 amide bonds. The predicted octanol–water partition coefficient (Wildman–Crippen LogP) is 1.06. The Labute approximate surface area is 96.4 Å². The minimum absolute atomic E-state index is 0.0384. The topological polar surface area (TPSA) is 49.4 Å². The lowest BCUT2D eigenvalue weighted by molar-refractivity contribution is -0.161. The highest BCUT2D eigenvalue weighted by atomic mass is 16.2. The number of amides is 2. The van der Waals surface area contributed by atoms with Crippen LogP contribution in [0.4, 0.5) is 0 Å². The number of carbonyl (C=O) groups is 2. The molecule has 2 rings (SSSR count). The van der Waals surface area contributed by atoms with Crippen molar-refractivity contribution in [1.82, 2.24) is 10.2 Å². The van der Waals surface area contributed by atoms with Gasteiger partial charge in [-0.2, -0.15) is 0 Å². The Kier molecular flexibility index (Phi) is 2.48. The summed E-state index contributed by atoms with van der Waals surface area (Å²) in [6, 6.07) is 0. The van der Waals surface area contributed by atoms with E-state index in [4.69, 9.17) is 0 Å². The van der Waals surface area contributed by atoms with Crippen LogP contribution in [0.15, 0.2) is 0 Å². The number of rotatable bonds is 1. The Balaban J connectivity index is 2.39. The molecule has 0 aromatic carbocycles. The van der Waals surface area contributed by atoms with Crippen LogP contribution in [0.5, 0.6) is 0 Å². The van der Waals surface area contributed by atoms with Crippen molar-refractivity contribution in [2.45, 2.75) is 57.5 Å². The summed E-state index contributed by atoms with van der Waals surface area (Å²) in [6.45, 7) is 6.12. The van der Waals surface area contributed by atoms with Gasteiger partial charge in [0.2, 0.25) is 11.8 Å². The first-order chi connectivity index (χ1) is 7.44. The Morgan fingerprint density at radius 3 is 2.31 bits per heavy atom. The van der Waals surface area contributed by atoms with Crippen LogP contribution in [-0.2, 0) is 9.59 Å². The van der Waals surface area contributed by atoms with Crippen molar-refractivity contribution in [2.75, 3.05) is 6.54 Å². The minimum atomic E-state index is -0.749. The molecule has 4 heteroatoms.